The summed E-state index contributed by atoms with van der Waals surface area (Å²) in [7, 11) is 0. The second kappa shape index (κ2) is 6.03. The molecule has 6 nitrogen and oxygen atoms in total. The number of carbonyl (C=O) groups excluding carboxylic acids is 1. The zero-order valence-corrected chi connectivity index (χ0v) is 16.0. The molecular formula is C17H15BrN4O2S. The van der Waals surface area contributed by atoms with E-state index in [1.807, 2.05) is 13.8 Å². The Morgan fingerprint density at radius 3 is 2.84 bits per heavy atom. The molecule has 0 radical (unpaired) electrons. The van der Waals surface area contributed by atoms with Gasteiger partial charge >= 0.3 is 0 Å². The fourth-order valence-corrected chi connectivity index (χ4v) is 4.31. The van der Waals surface area contributed by atoms with Crippen LogP contribution < -0.4 is 10.9 Å². The molecule has 4 rings (SSSR count). The lowest BCUT2D eigenvalue weighted by atomic mass is 10.1. The molecule has 0 spiro atoms. The topological polar surface area (TPSA) is 87.7 Å². The molecule has 1 fully saturated rings. The second-order valence-corrected chi connectivity index (χ2v) is 8.11. The van der Waals surface area contributed by atoms with Crippen molar-refractivity contribution in [2.45, 2.75) is 32.6 Å². The van der Waals surface area contributed by atoms with Gasteiger partial charge in [0, 0.05) is 22.0 Å². The van der Waals surface area contributed by atoms with Gasteiger partial charge in [-0.15, -0.1) is 11.3 Å². The monoisotopic (exact) mass is 418 g/mol. The number of nitrogens with zero attached hydrogens (tertiary/aromatic N) is 2. The summed E-state index contributed by atoms with van der Waals surface area (Å²) in [6.07, 6.45) is 3.80. The summed E-state index contributed by atoms with van der Waals surface area (Å²) < 4.78 is 0.686. The summed E-state index contributed by atoms with van der Waals surface area (Å²) in [5.74, 6) is 1.03. The summed E-state index contributed by atoms with van der Waals surface area (Å²) in [6, 6.07) is 1.58. The van der Waals surface area contributed by atoms with Crippen LogP contribution in [0.4, 0.5) is 5.69 Å². The van der Waals surface area contributed by atoms with Gasteiger partial charge in [0.2, 0.25) is 0 Å². The predicted molar refractivity (Wildman–Crippen MR) is 102 cm³/mol. The van der Waals surface area contributed by atoms with Crippen molar-refractivity contribution in [3.8, 4) is 0 Å². The van der Waals surface area contributed by atoms with Crippen molar-refractivity contribution in [1.82, 2.24) is 15.0 Å². The normalized spacial score (nSPS) is 14.0. The fraction of sp³-hybridized carbons (Fsp3) is 0.294. The number of aryl methyl sites for hydroxylation is 2. The minimum Gasteiger partial charge on any atom is -0.326 e. The maximum absolute atomic E-state index is 12.7. The Balaban J connectivity index is 1.74. The summed E-state index contributed by atoms with van der Waals surface area (Å²) in [5, 5.41) is 3.62. The van der Waals surface area contributed by atoms with E-state index in [2.05, 4.69) is 36.2 Å². The summed E-state index contributed by atoms with van der Waals surface area (Å²) >= 11 is 4.63. The molecule has 1 aliphatic rings. The highest BCUT2D eigenvalue weighted by atomic mass is 79.9. The average molecular weight is 419 g/mol. The molecule has 1 aliphatic carbocycles. The molecule has 3 aromatic rings. The Kier molecular flexibility index (Phi) is 3.96. The van der Waals surface area contributed by atoms with Crippen molar-refractivity contribution in [1.29, 1.82) is 0 Å². The van der Waals surface area contributed by atoms with Crippen molar-refractivity contribution >= 4 is 49.1 Å². The molecule has 0 aliphatic heterocycles. The molecule has 2 N–H and O–H groups in total. The Labute approximate surface area is 155 Å². The van der Waals surface area contributed by atoms with Crippen LogP contribution in [0.5, 0.6) is 0 Å². The minimum absolute atomic E-state index is 0.206. The number of rotatable bonds is 3. The molecule has 0 aromatic carbocycles. The number of nitrogens with one attached hydrogen (secondary N) is 2. The molecule has 0 saturated heterocycles. The lowest BCUT2D eigenvalue weighted by molar-refractivity contribution is 0.103. The molecule has 3 heterocycles. The van der Waals surface area contributed by atoms with Crippen LogP contribution in [-0.4, -0.2) is 20.9 Å². The van der Waals surface area contributed by atoms with Crippen molar-refractivity contribution in [3.05, 3.63) is 49.0 Å². The van der Waals surface area contributed by atoms with Crippen LogP contribution in [0.1, 0.15) is 45.5 Å². The van der Waals surface area contributed by atoms with E-state index in [4.69, 9.17) is 0 Å². The van der Waals surface area contributed by atoms with E-state index in [0.717, 1.165) is 40.1 Å². The van der Waals surface area contributed by atoms with E-state index in [9.17, 15) is 9.59 Å². The first-order valence-corrected chi connectivity index (χ1v) is 9.52. The van der Waals surface area contributed by atoms with E-state index in [0.29, 0.717) is 15.3 Å². The summed E-state index contributed by atoms with van der Waals surface area (Å²) in [6.45, 7) is 3.85. The highest BCUT2D eigenvalue weighted by molar-refractivity contribution is 9.10. The van der Waals surface area contributed by atoms with Crippen molar-refractivity contribution in [2.24, 2.45) is 0 Å². The van der Waals surface area contributed by atoms with Crippen LogP contribution in [0.3, 0.4) is 0 Å². The molecule has 0 unspecified atom stereocenters. The average Bonchev–Trinajstić information content (AvgIpc) is 3.35. The SMILES string of the molecule is Cc1nc(C2CC2)nc2sc(C(=O)Nc3cc(Br)c[nH]c3=O)c(C)c12. The predicted octanol–water partition coefficient (Wildman–Crippen LogP) is 3.89. The van der Waals surface area contributed by atoms with Gasteiger partial charge in [0.25, 0.3) is 11.5 Å². The number of halogens is 1. The van der Waals surface area contributed by atoms with Gasteiger partial charge in [-0.2, -0.15) is 0 Å². The van der Waals surface area contributed by atoms with Gasteiger partial charge in [0.05, 0.1) is 10.6 Å². The molecule has 128 valence electrons. The van der Waals surface area contributed by atoms with Crippen LogP contribution in [-0.2, 0) is 0 Å². The van der Waals surface area contributed by atoms with E-state index in [1.165, 1.54) is 17.5 Å². The molecule has 8 heteroatoms. The zero-order valence-electron chi connectivity index (χ0n) is 13.6. The number of fused-ring (bicyclic) bond motifs is 1. The fourth-order valence-electron chi connectivity index (χ4n) is 2.83. The van der Waals surface area contributed by atoms with E-state index in [-0.39, 0.29) is 17.2 Å². The first-order valence-electron chi connectivity index (χ1n) is 7.91. The van der Waals surface area contributed by atoms with Gasteiger partial charge in [0.1, 0.15) is 16.3 Å². The van der Waals surface area contributed by atoms with Crippen LogP contribution in [0, 0.1) is 13.8 Å². The number of anilines is 1. The largest absolute Gasteiger partial charge is 0.326 e. The number of hydrogen-bond acceptors (Lipinski definition) is 5. The summed E-state index contributed by atoms with van der Waals surface area (Å²) in [4.78, 5) is 37.8. The van der Waals surface area contributed by atoms with E-state index < -0.39 is 0 Å². The molecule has 1 saturated carbocycles. The molecule has 25 heavy (non-hydrogen) atoms. The highest BCUT2D eigenvalue weighted by Crippen LogP contribution is 2.40. The summed E-state index contributed by atoms with van der Waals surface area (Å²) in [5.41, 5.74) is 1.61. The number of hydrogen-bond donors (Lipinski definition) is 2. The number of thiophene rings is 1. The third-order valence-corrected chi connectivity index (χ3v) is 5.90. The van der Waals surface area contributed by atoms with Gasteiger partial charge in [-0.3, -0.25) is 9.59 Å². The Morgan fingerprint density at radius 1 is 1.36 bits per heavy atom. The van der Waals surface area contributed by atoms with E-state index in [1.54, 1.807) is 6.07 Å². The van der Waals surface area contributed by atoms with Gasteiger partial charge in [-0.25, -0.2) is 9.97 Å². The Bertz CT molecular complexity index is 1070. The lowest BCUT2D eigenvalue weighted by Crippen LogP contribution is -2.19. The third kappa shape index (κ3) is 3.00. The third-order valence-electron chi connectivity index (χ3n) is 4.25. The number of H-pyrrole nitrogens is 1. The molecule has 0 bridgehead atoms. The maximum Gasteiger partial charge on any atom is 0.271 e. The lowest BCUT2D eigenvalue weighted by Gasteiger charge is -2.04. The van der Waals surface area contributed by atoms with Crippen LogP contribution in [0.2, 0.25) is 0 Å². The minimum atomic E-state index is -0.345. The van der Waals surface area contributed by atoms with Crippen LogP contribution >= 0.6 is 27.3 Å². The number of carbonyl (C=O) groups is 1. The van der Waals surface area contributed by atoms with Gasteiger partial charge < -0.3 is 10.3 Å². The quantitative estimate of drug-likeness (QED) is 0.675. The first kappa shape index (κ1) is 16.4. The van der Waals surface area contributed by atoms with Crippen molar-refractivity contribution in [2.75, 3.05) is 5.32 Å². The Morgan fingerprint density at radius 2 is 2.12 bits per heavy atom. The van der Waals surface area contributed by atoms with Gasteiger partial charge in [0.15, 0.2) is 0 Å². The highest BCUT2D eigenvalue weighted by Gasteiger charge is 2.28. The van der Waals surface area contributed by atoms with E-state index >= 15 is 0 Å². The molecule has 1 amide bonds. The number of aromatic nitrogens is 3. The van der Waals surface area contributed by atoms with Crippen LogP contribution in [0.15, 0.2) is 21.5 Å². The maximum atomic E-state index is 12.7. The molecule has 0 atom stereocenters. The zero-order chi connectivity index (χ0) is 17.7. The van der Waals surface area contributed by atoms with Crippen molar-refractivity contribution in [3.63, 3.8) is 0 Å². The standard InChI is InChI=1S/C17H15BrN4O2S/c1-7-12-8(2)20-14(9-3-4-9)22-17(12)25-13(7)16(24)21-11-5-10(18)6-19-15(11)23/h5-6,9H,3-4H2,1-2H3,(H,19,23)(H,21,24). The second-order valence-electron chi connectivity index (χ2n) is 6.19. The van der Waals surface area contributed by atoms with Gasteiger partial charge in [-0.05, 0) is 54.2 Å². The van der Waals surface area contributed by atoms with Crippen molar-refractivity contribution < 1.29 is 4.79 Å². The number of amides is 1. The Hall–Kier alpha value is -2.06. The number of aromatic amines is 1. The molecular weight excluding hydrogens is 404 g/mol. The molecule has 3 aromatic heterocycles. The smallest absolute Gasteiger partial charge is 0.271 e. The first-order chi connectivity index (χ1) is 11.9. The van der Waals surface area contributed by atoms with Gasteiger partial charge in [-0.1, -0.05) is 0 Å². The van der Waals surface area contributed by atoms with Crippen LogP contribution in [0.25, 0.3) is 10.2 Å². The number of pyridine rings is 1.